The molecule has 1 aliphatic carbocycles. The quantitative estimate of drug-likeness (QED) is 0.873. The summed E-state index contributed by atoms with van der Waals surface area (Å²) >= 11 is 7.80. The molecule has 1 fully saturated rings. The summed E-state index contributed by atoms with van der Waals surface area (Å²) in [4.78, 5) is 11.9. The van der Waals surface area contributed by atoms with Gasteiger partial charge in [0.25, 0.3) is 0 Å². The average Bonchev–Trinajstić information content (AvgIpc) is 2.28. The van der Waals surface area contributed by atoms with Gasteiger partial charge >= 0.3 is 5.97 Å². The van der Waals surface area contributed by atoms with Crippen LogP contribution in [0.5, 0.6) is 0 Å². The van der Waals surface area contributed by atoms with E-state index in [2.05, 4.69) is 6.92 Å². The van der Waals surface area contributed by atoms with E-state index < -0.39 is 5.97 Å². The predicted molar refractivity (Wildman–Crippen MR) is 75.7 cm³/mol. The molecular formula is C14H17ClO2S. The van der Waals surface area contributed by atoms with E-state index in [0.717, 1.165) is 10.8 Å². The zero-order valence-electron chi connectivity index (χ0n) is 10.4. The first-order valence-corrected chi connectivity index (χ1v) is 7.51. The van der Waals surface area contributed by atoms with E-state index in [4.69, 9.17) is 16.7 Å². The van der Waals surface area contributed by atoms with Gasteiger partial charge in [-0.3, -0.25) is 0 Å². The minimum Gasteiger partial charge on any atom is -0.478 e. The molecule has 0 amide bonds. The fraction of sp³-hybridized carbons (Fsp3) is 0.500. The van der Waals surface area contributed by atoms with Crippen molar-refractivity contribution in [2.45, 2.75) is 42.8 Å². The molecule has 1 N–H and O–H groups in total. The normalized spacial score (nSPS) is 23.9. The van der Waals surface area contributed by atoms with Gasteiger partial charge in [-0.1, -0.05) is 31.4 Å². The Labute approximate surface area is 117 Å². The second kappa shape index (κ2) is 5.98. The molecule has 2 unspecified atom stereocenters. The van der Waals surface area contributed by atoms with Gasteiger partial charge in [0.2, 0.25) is 0 Å². The number of halogens is 1. The van der Waals surface area contributed by atoms with Gasteiger partial charge in [-0.05, 0) is 37.0 Å². The molecule has 1 aliphatic rings. The molecule has 98 valence electrons. The Bertz CT molecular complexity index is 447. The van der Waals surface area contributed by atoms with E-state index in [-0.39, 0.29) is 5.56 Å². The zero-order chi connectivity index (χ0) is 13.1. The maximum atomic E-state index is 10.9. The summed E-state index contributed by atoms with van der Waals surface area (Å²) in [6.45, 7) is 2.30. The average molecular weight is 285 g/mol. The zero-order valence-corrected chi connectivity index (χ0v) is 11.9. The Hall–Kier alpha value is -0.670. The highest BCUT2D eigenvalue weighted by atomic mass is 35.5. The maximum absolute atomic E-state index is 10.9. The number of benzene rings is 1. The van der Waals surface area contributed by atoms with Gasteiger partial charge < -0.3 is 5.11 Å². The van der Waals surface area contributed by atoms with Crippen LogP contribution in [0.25, 0.3) is 0 Å². The first-order valence-electron chi connectivity index (χ1n) is 6.25. The van der Waals surface area contributed by atoms with E-state index in [9.17, 15) is 4.79 Å². The third kappa shape index (κ3) is 3.42. The smallest absolute Gasteiger partial charge is 0.337 e. The number of rotatable bonds is 3. The summed E-state index contributed by atoms with van der Waals surface area (Å²) in [6.07, 6.45) is 5.10. The maximum Gasteiger partial charge on any atom is 0.337 e. The molecule has 0 radical (unpaired) electrons. The second-order valence-electron chi connectivity index (χ2n) is 4.96. The molecule has 2 nitrogen and oxygen atoms in total. The molecule has 1 aromatic rings. The van der Waals surface area contributed by atoms with Gasteiger partial charge in [-0.2, -0.15) is 0 Å². The number of aromatic carboxylic acids is 1. The first-order chi connectivity index (χ1) is 8.56. The second-order valence-corrected chi connectivity index (χ2v) is 6.74. The van der Waals surface area contributed by atoms with Crippen LogP contribution >= 0.6 is 23.4 Å². The fourth-order valence-electron chi connectivity index (χ4n) is 2.42. The minimum atomic E-state index is -0.970. The highest BCUT2D eigenvalue weighted by Gasteiger charge is 2.20. The summed E-state index contributed by atoms with van der Waals surface area (Å²) in [5.41, 5.74) is 0.179. The van der Waals surface area contributed by atoms with Crippen molar-refractivity contribution < 1.29 is 9.90 Å². The Balaban J connectivity index is 2.05. The number of hydrogen-bond acceptors (Lipinski definition) is 2. The summed E-state index contributed by atoms with van der Waals surface area (Å²) < 4.78 is 0. The van der Waals surface area contributed by atoms with E-state index in [1.54, 1.807) is 12.1 Å². The molecule has 0 bridgehead atoms. The number of carbonyl (C=O) groups is 1. The fourth-order valence-corrected chi connectivity index (χ4v) is 4.17. The lowest BCUT2D eigenvalue weighted by atomic mass is 9.91. The van der Waals surface area contributed by atoms with Crippen molar-refractivity contribution in [1.82, 2.24) is 0 Å². The third-order valence-corrected chi connectivity index (χ3v) is 4.96. The highest BCUT2D eigenvalue weighted by molar-refractivity contribution is 8.00. The SMILES string of the molecule is CC1CCCC(Sc2ccc(C(=O)O)c(Cl)c2)C1. The number of hydrogen-bond donors (Lipinski definition) is 1. The van der Waals surface area contributed by atoms with Gasteiger partial charge in [0.1, 0.15) is 0 Å². The molecule has 2 atom stereocenters. The van der Waals surface area contributed by atoms with Crippen molar-refractivity contribution in [3.8, 4) is 0 Å². The van der Waals surface area contributed by atoms with Gasteiger partial charge in [0.05, 0.1) is 10.6 Å². The predicted octanol–water partition coefficient (Wildman–Crippen LogP) is 4.71. The van der Waals surface area contributed by atoms with Crippen LogP contribution in [0.4, 0.5) is 0 Å². The van der Waals surface area contributed by atoms with E-state index >= 15 is 0 Å². The van der Waals surface area contributed by atoms with Gasteiger partial charge in [-0.25, -0.2) is 4.79 Å². The highest BCUT2D eigenvalue weighted by Crippen LogP contribution is 2.37. The topological polar surface area (TPSA) is 37.3 Å². The summed E-state index contributed by atoms with van der Waals surface area (Å²) in [5.74, 6) is -0.173. The molecule has 1 saturated carbocycles. The van der Waals surface area contributed by atoms with Crippen molar-refractivity contribution in [3.05, 3.63) is 28.8 Å². The Kier molecular flexibility index (Phi) is 4.57. The van der Waals surface area contributed by atoms with Crippen LogP contribution in [0, 0.1) is 5.92 Å². The number of carboxylic acids is 1. The molecule has 2 rings (SSSR count). The summed E-state index contributed by atoms with van der Waals surface area (Å²) in [5, 5.41) is 9.89. The lowest BCUT2D eigenvalue weighted by Crippen LogP contribution is -2.14. The van der Waals surface area contributed by atoms with Gasteiger partial charge in [-0.15, -0.1) is 11.8 Å². The van der Waals surface area contributed by atoms with Crippen LogP contribution in [0.1, 0.15) is 43.0 Å². The van der Waals surface area contributed by atoms with Crippen molar-refractivity contribution in [3.63, 3.8) is 0 Å². The molecule has 0 aliphatic heterocycles. The Morgan fingerprint density at radius 3 is 2.83 bits per heavy atom. The molecule has 0 spiro atoms. The molecule has 0 heterocycles. The largest absolute Gasteiger partial charge is 0.478 e. The lowest BCUT2D eigenvalue weighted by molar-refractivity contribution is 0.0697. The Morgan fingerprint density at radius 1 is 1.44 bits per heavy atom. The standard InChI is InChI=1S/C14H17ClO2S/c1-9-3-2-4-10(7-9)18-11-5-6-12(14(16)17)13(15)8-11/h5-6,8-10H,2-4,7H2,1H3,(H,16,17). The number of thioether (sulfide) groups is 1. The van der Waals surface area contributed by atoms with Crippen LogP contribution < -0.4 is 0 Å². The lowest BCUT2D eigenvalue weighted by Gasteiger charge is -2.26. The van der Waals surface area contributed by atoms with Crippen molar-refractivity contribution >= 4 is 29.3 Å². The van der Waals surface area contributed by atoms with Crippen LogP contribution in [-0.2, 0) is 0 Å². The summed E-state index contributed by atoms with van der Waals surface area (Å²) in [7, 11) is 0. The van der Waals surface area contributed by atoms with Gasteiger partial charge in [0, 0.05) is 10.1 Å². The van der Waals surface area contributed by atoms with E-state index in [0.29, 0.717) is 10.3 Å². The van der Waals surface area contributed by atoms with Crippen LogP contribution in [-0.4, -0.2) is 16.3 Å². The molecule has 18 heavy (non-hydrogen) atoms. The Morgan fingerprint density at radius 2 is 2.22 bits per heavy atom. The monoisotopic (exact) mass is 284 g/mol. The van der Waals surface area contributed by atoms with Crippen LogP contribution in [0.15, 0.2) is 23.1 Å². The van der Waals surface area contributed by atoms with E-state index in [1.807, 2.05) is 17.8 Å². The molecule has 0 aromatic heterocycles. The van der Waals surface area contributed by atoms with Crippen molar-refractivity contribution in [2.24, 2.45) is 5.92 Å². The molecule has 1 aromatic carbocycles. The van der Waals surface area contributed by atoms with Crippen LogP contribution in [0.2, 0.25) is 5.02 Å². The summed E-state index contributed by atoms with van der Waals surface area (Å²) in [6, 6.07) is 5.23. The number of carboxylic acid groups (broad SMARTS) is 1. The van der Waals surface area contributed by atoms with Crippen molar-refractivity contribution in [1.29, 1.82) is 0 Å². The van der Waals surface area contributed by atoms with Crippen LogP contribution in [0.3, 0.4) is 0 Å². The van der Waals surface area contributed by atoms with Gasteiger partial charge in [0.15, 0.2) is 0 Å². The van der Waals surface area contributed by atoms with Crippen molar-refractivity contribution in [2.75, 3.05) is 0 Å². The molecular weight excluding hydrogens is 268 g/mol. The van der Waals surface area contributed by atoms with E-state index in [1.165, 1.54) is 25.7 Å². The third-order valence-electron chi connectivity index (χ3n) is 3.36. The first kappa shape index (κ1) is 13.8. The molecule has 4 heteroatoms. The molecule has 0 saturated heterocycles. The minimum absolute atomic E-state index is 0.179.